The number of amides is 2. The predicted molar refractivity (Wildman–Crippen MR) is 105 cm³/mol. The van der Waals surface area contributed by atoms with Gasteiger partial charge in [0.1, 0.15) is 5.82 Å². The number of carbonyl (C=O) groups excluding carboxylic acids is 2. The van der Waals surface area contributed by atoms with E-state index in [1.54, 1.807) is 17.2 Å². The molecule has 0 radical (unpaired) electrons. The number of hydrogen-bond acceptors (Lipinski definition) is 3. The summed E-state index contributed by atoms with van der Waals surface area (Å²) in [6.45, 7) is 5.16. The fourth-order valence-electron chi connectivity index (χ4n) is 3.11. The molecule has 1 atom stereocenters. The number of piperidine rings is 1. The molecule has 1 saturated heterocycles. The highest BCUT2D eigenvalue weighted by Crippen LogP contribution is 2.21. The SMILES string of the molecule is Cc1ccc(C(=O)N2CCCC(C(=O)Nc3ccc(Br)cn3)C2)cc1C. The van der Waals surface area contributed by atoms with Crippen LogP contribution in [0.5, 0.6) is 0 Å². The van der Waals surface area contributed by atoms with Crippen LogP contribution in [0, 0.1) is 19.8 Å². The first-order chi connectivity index (χ1) is 12.4. The quantitative estimate of drug-likeness (QED) is 0.824. The zero-order valence-corrected chi connectivity index (χ0v) is 16.5. The van der Waals surface area contributed by atoms with Gasteiger partial charge in [0.25, 0.3) is 5.91 Å². The average Bonchev–Trinajstić information content (AvgIpc) is 2.65. The molecule has 2 aromatic rings. The minimum absolute atomic E-state index is 0.00707. The molecule has 0 aliphatic carbocycles. The third kappa shape index (κ3) is 4.30. The van der Waals surface area contributed by atoms with Gasteiger partial charge in [0.05, 0.1) is 5.92 Å². The molecule has 2 amide bonds. The Morgan fingerprint density at radius 2 is 2.00 bits per heavy atom. The van der Waals surface area contributed by atoms with Gasteiger partial charge in [0.15, 0.2) is 0 Å². The predicted octanol–water partition coefficient (Wildman–Crippen LogP) is 3.95. The van der Waals surface area contributed by atoms with Crippen LogP contribution in [0.1, 0.15) is 34.3 Å². The van der Waals surface area contributed by atoms with Crippen LogP contribution < -0.4 is 5.32 Å². The number of hydrogen-bond donors (Lipinski definition) is 1. The molecule has 0 bridgehead atoms. The van der Waals surface area contributed by atoms with Crippen LogP contribution in [0.3, 0.4) is 0 Å². The number of rotatable bonds is 3. The number of benzene rings is 1. The first-order valence-corrected chi connectivity index (χ1v) is 9.52. The molecule has 1 aliphatic rings. The summed E-state index contributed by atoms with van der Waals surface area (Å²) in [4.78, 5) is 31.3. The Labute approximate surface area is 161 Å². The summed E-state index contributed by atoms with van der Waals surface area (Å²) in [6.07, 6.45) is 3.24. The number of nitrogens with zero attached hydrogens (tertiary/aromatic N) is 2. The van der Waals surface area contributed by atoms with Gasteiger partial charge in [-0.1, -0.05) is 6.07 Å². The molecular weight excluding hydrogens is 394 g/mol. The van der Waals surface area contributed by atoms with Gasteiger partial charge in [0.2, 0.25) is 5.91 Å². The van der Waals surface area contributed by atoms with Gasteiger partial charge in [-0.15, -0.1) is 0 Å². The van der Waals surface area contributed by atoms with Gasteiger partial charge in [-0.3, -0.25) is 9.59 Å². The van der Waals surface area contributed by atoms with Crippen LogP contribution in [0.4, 0.5) is 5.82 Å². The molecular formula is C20H22BrN3O2. The maximum atomic E-state index is 12.8. The number of likely N-dealkylation sites (tertiary alicyclic amines) is 1. The molecule has 0 saturated carbocycles. The van der Waals surface area contributed by atoms with Crippen LogP contribution >= 0.6 is 15.9 Å². The number of anilines is 1. The van der Waals surface area contributed by atoms with Crippen molar-refractivity contribution in [2.75, 3.05) is 18.4 Å². The normalized spacial score (nSPS) is 17.0. The Balaban J connectivity index is 1.66. The third-order valence-electron chi connectivity index (χ3n) is 4.81. The van der Waals surface area contributed by atoms with Crippen molar-refractivity contribution < 1.29 is 9.59 Å². The van der Waals surface area contributed by atoms with Crippen molar-refractivity contribution in [3.8, 4) is 0 Å². The Bertz CT molecular complexity index is 820. The molecule has 1 N–H and O–H groups in total. The first-order valence-electron chi connectivity index (χ1n) is 8.73. The zero-order chi connectivity index (χ0) is 18.7. The standard InChI is InChI=1S/C20H22BrN3O2/c1-13-5-6-15(10-14(13)2)20(26)24-9-3-4-16(12-24)19(25)23-18-8-7-17(21)11-22-18/h5-8,10-11,16H,3-4,9,12H2,1-2H3,(H,22,23,25). The van der Waals surface area contributed by atoms with E-state index in [0.717, 1.165) is 22.9 Å². The maximum Gasteiger partial charge on any atom is 0.253 e. The minimum Gasteiger partial charge on any atom is -0.338 e. The van der Waals surface area contributed by atoms with Crippen molar-refractivity contribution in [1.82, 2.24) is 9.88 Å². The number of halogens is 1. The summed E-state index contributed by atoms with van der Waals surface area (Å²) in [5.74, 6) is 0.213. The first kappa shape index (κ1) is 18.6. The summed E-state index contributed by atoms with van der Waals surface area (Å²) in [5, 5.41) is 2.85. The second kappa shape index (κ2) is 7.99. The number of aromatic nitrogens is 1. The van der Waals surface area contributed by atoms with Crippen molar-refractivity contribution in [1.29, 1.82) is 0 Å². The van der Waals surface area contributed by atoms with E-state index in [-0.39, 0.29) is 17.7 Å². The van der Waals surface area contributed by atoms with Crippen molar-refractivity contribution >= 4 is 33.6 Å². The molecule has 3 rings (SSSR count). The zero-order valence-electron chi connectivity index (χ0n) is 15.0. The van der Waals surface area contributed by atoms with Crippen LogP contribution in [0.15, 0.2) is 41.0 Å². The average molecular weight is 416 g/mol. The van der Waals surface area contributed by atoms with Crippen LogP contribution in [0.2, 0.25) is 0 Å². The molecule has 26 heavy (non-hydrogen) atoms. The largest absolute Gasteiger partial charge is 0.338 e. The van der Waals surface area contributed by atoms with Gasteiger partial charge in [-0.25, -0.2) is 4.98 Å². The lowest BCUT2D eigenvalue weighted by Gasteiger charge is -2.32. The van der Waals surface area contributed by atoms with Crippen molar-refractivity contribution in [3.63, 3.8) is 0 Å². The third-order valence-corrected chi connectivity index (χ3v) is 5.28. The Kier molecular flexibility index (Phi) is 5.71. The number of pyridine rings is 1. The van der Waals surface area contributed by atoms with E-state index >= 15 is 0 Å². The van der Waals surface area contributed by atoms with Gasteiger partial charge in [-0.05, 0) is 78.0 Å². The molecule has 6 heteroatoms. The van der Waals surface area contributed by atoms with Gasteiger partial charge >= 0.3 is 0 Å². The lowest BCUT2D eigenvalue weighted by molar-refractivity contribution is -0.121. The molecule has 0 spiro atoms. The molecule has 1 aliphatic heterocycles. The highest BCUT2D eigenvalue weighted by Gasteiger charge is 2.29. The highest BCUT2D eigenvalue weighted by atomic mass is 79.9. The summed E-state index contributed by atoms with van der Waals surface area (Å²) in [5.41, 5.74) is 2.95. The molecule has 5 nitrogen and oxygen atoms in total. The fourth-order valence-corrected chi connectivity index (χ4v) is 3.35. The second-order valence-electron chi connectivity index (χ2n) is 6.74. The van der Waals surface area contributed by atoms with Gasteiger partial charge in [-0.2, -0.15) is 0 Å². The summed E-state index contributed by atoms with van der Waals surface area (Å²) in [7, 11) is 0. The van der Waals surface area contributed by atoms with E-state index < -0.39 is 0 Å². The Morgan fingerprint density at radius 1 is 1.19 bits per heavy atom. The summed E-state index contributed by atoms with van der Waals surface area (Å²) in [6, 6.07) is 9.34. The van der Waals surface area contributed by atoms with E-state index in [1.807, 2.05) is 38.1 Å². The summed E-state index contributed by atoms with van der Waals surface area (Å²) >= 11 is 3.32. The van der Waals surface area contributed by atoms with E-state index in [2.05, 4.69) is 26.2 Å². The van der Waals surface area contributed by atoms with E-state index in [0.29, 0.717) is 24.5 Å². The van der Waals surface area contributed by atoms with E-state index in [1.165, 1.54) is 5.56 Å². The minimum atomic E-state index is -0.218. The molecule has 1 unspecified atom stereocenters. The number of aryl methyl sites for hydroxylation is 2. The van der Waals surface area contributed by atoms with E-state index in [4.69, 9.17) is 0 Å². The van der Waals surface area contributed by atoms with Crippen molar-refractivity contribution in [3.05, 3.63) is 57.7 Å². The molecule has 1 fully saturated rings. The van der Waals surface area contributed by atoms with Crippen molar-refractivity contribution in [2.45, 2.75) is 26.7 Å². The van der Waals surface area contributed by atoms with E-state index in [9.17, 15) is 9.59 Å². The monoisotopic (exact) mass is 415 g/mol. The lowest BCUT2D eigenvalue weighted by atomic mass is 9.96. The second-order valence-corrected chi connectivity index (χ2v) is 7.66. The highest BCUT2D eigenvalue weighted by molar-refractivity contribution is 9.10. The smallest absolute Gasteiger partial charge is 0.253 e. The molecule has 2 heterocycles. The van der Waals surface area contributed by atoms with Crippen LogP contribution in [0.25, 0.3) is 0 Å². The maximum absolute atomic E-state index is 12.8. The molecule has 136 valence electrons. The van der Waals surface area contributed by atoms with Crippen molar-refractivity contribution in [2.24, 2.45) is 5.92 Å². The Hall–Kier alpha value is -2.21. The van der Waals surface area contributed by atoms with Crippen LogP contribution in [-0.4, -0.2) is 34.8 Å². The topological polar surface area (TPSA) is 62.3 Å². The Morgan fingerprint density at radius 3 is 2.69 bits per heavy atom. The molecule has 1 aromatic carbocycles. The van der Waals surface area contributed by atoms with Crippen LogP contribution in [-0.2, 0) is 4.79 Å². The summed E-state index contributed by atoms with van der Waals surface area (Å²) < 4.78 is 0.860. The van der Waals surface area contributed by atoms with Gasteiger partial charge in [0, 0.05) is 29.3 Å². The number of carbonyl (C=O) groups is 2. The fraction of sp³-hybridized carbons (Fsp3) is 0.350. The molecule has 1 aromatic heterocycles. The number of nitrogens with one attached hydrogen (secondary N) is 1. The van der Waals surface area contributed by atoms with Gasteiger partial charge < -0.3 is 10.2 Å². The lowest BCUT2D eigenvalue weighted by Crippen LogP contribution is -2.43.